The highest BCUT2D eigenvalue weighted by molar-refractivity contribution is 8.13. The molecule has 0 aliphatic carbocycles. The maximum atomic E-state index is 11.3. The van der Waals surface area contributed by atoms with E-state index in [0.29, 0.717) is 11.1 Å². The van der Waals surface area contributed by atoms with Gasteiger partial charge in [0.15, 0.2) is 0 Å². The van der Waals surface area contributed by atoms with E-state index in [2.05, 4.69) is 0 Å². The van der Waals surface area contributed by atoms with Crippen molar-refractivity contribution < 1.29 is 18.3 Å². The van der Waals surface area contributed by atoms with Crippen molar-refractivity contribution in [1.82, 2.24) is 0 Å². The van der Waals surface area contributed by atoms with Gasteiger partial charge >= 0.3 is 5.97 Å². The maximum absolute atomic E-state index is 11.3. The lowest BCUT2D eigenvalue weighted by molar-refractivity contribution is 0.0696. The van der Waals surface area contributed by atoms with Crippen LogP contribution < -0.4 is 0 Å². The molecule has 0 amide bonds. The molecule has 1 N–H and O–H groups in total. The first kappa shape index (κ1) is 13.3. The van der Waals surface area contributed by atoms with Gasteiger partial charge in [-0.1, -0.05) is 11.6 Å². The van der Waals surface area contributed by atoms with Gasteiger partial charge in [-0.3, -0.25) is 0 Å². The molecule has 0 heterocycles. The van der Waals surface area contributed by atoms with E-state index in [0.717, 1.165) is 0 Å². The quantitative estimate of drug-likeness (QED) is 0.847. The molecule has 0 radical (unpaired) electrons. The predicted molar refractivity (Wildman–Crippen MR) is 60.9 cm³/mol. The third kappa shape index (κ3) is 2.31. The van der Waals surface area contributed by atoms with Gasteiger partial charge in [0.05, 0.1) is 10.6 Å². The number of hydrogen-bond acceptors (Lipinski definition) is 3. The van der Waals surface area contributed by atoms with Crippen LogP contribution in [0.4, 0.5) is 0 Å². The SMILES string of the molecule is Cc1cc(C(=O)O)c(Cl)c(S(=O)(=O)Cl)c1C. The molecule has 0 spiro atoms. The molecule has 0 fully saturated rings. The largest absolute Gasteiger partial charge is 0.478 e. The third-order valence-corrected chi connectivity index (χ3v) is 4.17. The Morgan fingerprint density at radius 3 is 2.25 bits per heavy atom. The van der Waals surface area contributed by atoms with Crippen molar-refractivity contribution in [1.29, 1.82) is 0 Å². The number of carbonyl (C=O) groups is 1. The number of carboxylic acid groups (broad SMARTS) is 1. The van der Waals surface area contributed by atoms with E-state index >= 15 is 0 Å². The molecule has 0 unspecified atom stereocenters. The fourth-order valence-corrected chi connectivity index (χ4v) is 3.43. The van der Waals surface area contributed by atoms with Gasteiger partial charge in [-0.05, 0) is 31.0 Å². The second-order valence-electron chi connectivity index (χ2n) is 3.25. The number of halogens is 2. The third-order valence-electron chi connectivity index (χ3n) is 2.20. The molecule has 0 aromatic heterocycles. The van der Waals surface area contributed by atoms with Crippen LogP contribution >= 0.6 is 22.3 Å². The summed E-state index contributed by atoms with van der Waals surface area (Å²) in [4.78, 5) is 10.5. The Balaban J connectivity index is 3.80. The molecule has 1 aromatic rings. The topological polar surface area (TPSA) is 71.4 Å². The van der Waals surface area contributed by atoms with Crippen LogP contribution in [0.25, 0.3) is 0 Å². The van der Waals surface area contributed by atoms with Crippen molar-refractivity contribution in [3.63, 3.8) is 0 Å². The first-order chi connectivity index (χ1) is 7.16. The average molecular weight is 283 g/mol. The van der Waals surface area contributed by atoms with Gasteiger partial charge in [0.2, 0.25) is 0 Å². The Kier molecular flexibility index (Phi) is 3.52. The molecule has 7 heteroatoms. The number of hydrogen-bond donors (Lipinski definition) is 1. The lowest BCUT2D eigenvalue weighted by Gasteiger charge is -2.10. The van der Waals surface area contributed by atoms with Gasteiger partial charge in [-0.15, -0.1) is 0 Å². The van der Waals surface area contributed by atoms with Gasteiger partial charge in [0.25, 0.3) is 9.05 Å². The lowest BCUT2D eigenvalue weighted by atomic mass is 10.1. The van der Waals surface area contributed by atoms with Crippen LogP contribution in [0, 0.1) is 13.8 Å². The summed E-state index contributed by atoms with van der Waals surface area (Å²) in [5.74, 6) is -1.30. The molecule has 4 nitrogen and oxygen atoms in total. The van der Waals surface area contributed by atoms with Gasteiger partial charge < -0.3 is 5.11 Å². The van der Waals surface area contributed by atoms with Gasteiger partial charge in [0.1, 0.15) is 4.90 Å². The highest BCUT2D eigenvalue weighted by Gasteiger charge is 2.24. The Labute approximate surface area is 102 Å². The molecular formula is C9H8Cl2O4S. The summed E-state index contributed by atoms with van der Waals surface area (Å²) in [5, 5.41) is 8.49. The maximum Gasteiger partial charge on any atom is 0.337 e. The summed E-state index contributed by atoms with van der Waals surface area (Å²) >= 11 is 5.72. The Bertz CT molecular complexity index is 563. The second-order valence-corrected chi connectivity index (χ2v) is 6.13. The van der Waals surface area contributed by atoms with Crippen molar-refractivity contribution in [2.45, 2.75) is 18.7 Å². The van der Waals surface area contributed by atoms with E-state index in [4.69, 9.17) is 27.4 Å². The lowest BCUT2D eigenvalue weighted by Crippen LogP contribution is -2.06. The minimum Gasteiger partial charge on any atom is -0.478 e. The fourth-order valence-electron chi connectivity index (χ4n) is 1.30. The van der Waals surface area contributed by atoms with Crippen molar-refractivity contribution in [3.8, 4) is 0 Å². The minimum absolute atomic E-state index is 0.274. The molecule has 0 aliphatic heterocycles. The molecule has 0 aliphatic rings. The smallest absolute Gasteiger partial charge is 0.337 e. The molecule has 0 atom stereocenters. The molecular weight excluding hydrogens is 275 g/mol. The number of aryl methyl sites for hydroxylation is 1. The van der Waals surface area contributed by atoms with E-state index in [9.17, 15) is 13.2 Å². The number of aromatic carboxylic acids is 1. The molecule has 1 aromatic carbocycles. The molecule has 16 heavy (non-hydrogen) atoms. The van der Waals surface area contributed by atoms with Crippen molar-refractivity contribution in [3.05, 3.63) is 27.8 Å². The zero-order valence-corrected chi connectivity index (χ0v) is 10.7. The Hall–Kier alpha value is -0.780. The van der Waals surface area contributed by atoms with Gasteiger partial charge in [0, 0.05) is 10.7 Å². The molecule has 0 saturated carbocycles. The van der Waals surface area contributed by atoms with E-state index in [-0.39, 0.29) is 15.5 Å². The second kappa shape index (κ2) is 4.24. The predicted octanol–water partition coefficient (Wildman–Crippen LogP) is 2.58. The monoisotopic (exact) mass is 282 g/mol. The van der Waals surface area contributed by atoms with Crippen molar-refractivity contribution in [2.75, 3.05) is 0 Å². The highest BCUT2D eigenvalue weighted by Crippen LogP contribution is 2.33. The van der Waals surface area contributed by atoms with Crippen LogP contribution in [0.1, 0.15) is 21.5 Å². The summed E-state index contributed by atoms with van der Waals surface area (Å²) in [6.07, 6.45) is 0. The number of carboxylic acids is 1. The zero-order chi connectivity index (χ0) is 12.7. The molecule has 1 rings (SSSR count). The van der Waals surface area contributed by atoms with E-state index in [1.807, 2.05) is 0 Å². The van der Waals surface area contributed by atoms with Crippen LogP contribution in [0.5, 0.6) is 0 Å². The van der Waals surface area contributed by atoms with E-state index in [1.54, 1.807) is 6.92 Å². The normalized spacial score (nSPS) is 11.5. The van der Waals surface area contributed by atoms with Crippen molar-refractivity contribution >= 4 is 37.3 Å². The first-order valence-electron chi connectivity index (χ1n) is 4.14. The van der Waals surface area contributed by atoms with Crippen LogP contribution in [0.2, 0.25) is 5.02 Å². The Morgan fingerprint density at radius 1 is 1.38 bits per heavy atom. The molecule has 0 bridgehead atoms. The van der Waals surface area contributed by atoms with Crippen LogP contribution in [0.3, 0.4) is 0 Å². The standard InChI is InChI=1S/C9H8Cl2O4S/c1-4-3-6(9(12)13)7(10)8(5(4)2)16(11,14)15/h3H,1-2H3,(H,12,13). The summed E-state index contributed by atoms with van der Waals surface area (Å²) in [7, 11) is 1.15. The summed E-state index contributed by atoms with van der Waals surface area (Å²) in [6.45, 7) is 3.10. The number of rotatable bonds is 2. The summed E-state index contributed by atoms with van der Waals surface area (Å²) < 4.78 is 22.6. The van der Waals surface area contributed by atoms with E-state index in [1.165, 1.54) is 13.0 Å². The summed E-state index contributed by atoms with van der Waals surface area (Å²) in [6, 6.07) is 1.31. The van der Waals surface area contributed by atoms with Gasteiger partial charge in [-0.2, -0.15) is 0 Å². The average Bonchev–Trinajstić information content (AvgIpc) is 2.08. The highest BCUT2D eigenvalue weighted by atomic mass is 35.7. The minimum atomic E-state index is -4.07. The van der Waals surface area contributed by atoms with Crippen LogP contribution in [-0.2, 0) is 9.05 Å². The molecule has 0 saturated heterocycles. The summed E-state index contributed by atoms with van der Waals surface area (Å²) in [5.41, 5.74) is 0.579. The van der Waals surface area contributed by atoms with Crippen LogP contribution in [0.15, 0.2) is 11.0 Å². The van der Waals surface area contributed by atoms with Crippen molar-refractivity contribution in [2.24, 2.45) is 0 Å². The molecule has 88 valence electrons. The first-order valence-corrected chi connectivity index (χ1v) is 6.82. The Morgan fingerprint density at radius 2 is 1.88 bits per heavy atom. The zero-order valence-electron chi connectivity index (χ0n) is 8.41. The number of benzene rings is 1. The van der Waals surface area contributed by atoms with E-state index < -0.39 is 15.0 Å². The van der Waals surface area contributed by atoms with Gasteiger partial charge in [-0.25, -0.2) is 13.2 Å². The fraction of sp³-hybridized carbons (Fsp3) is 0.222. The van der Waals surface area contributed by atoms with Crippen LogP contribution in [-0.4, -0.2) is 19.5 Å².